The van der Waals surface area contributed by atoms with E-state index in [4.69, 9.17) is 0 Å². The molecule has 3 heterocycles. The molecule has 0 aliphatic carbocycles. The first-order valence-electron chi connectivity index (χ1n) is 9.10. The van der Waals surface area contributed by atoms with Crippen LogP contribution in [0.5, 0.6) is 0 Å². The van der Waals surface area contributed by atoms with Crippen molar-refractivity contribution in [3.05, 3.63) is 71.6 Å². The van der Waals surface area contributed by atoms with E-state index in [2.05, 4.69) is 43.3 Å². The molecule has 1 N–H and O–H groups in total. The summed E-state index contributed by atoms with van der Waals surface area (Å²) in [5.41, 5.74) is 1.87. The van der Waals surface area contributed by atoms with Gasteiger partial charge in [0.2, 0.25) is 5.91 Å². The van der Waals surface area contributed by atoms with Crippen LogP contribution in [0.1, 0.15) is 12.8 Å². The van der Waals surface area contributed by atoms with Crippen LogP contribution in [-0.2, 0) is 4.79 Å². The fraction of sp³-hybridized carbons (Fsp3) is 0.238. The Balaban J connectivity index is 1.34. The first kappa shape index (κ1) is 17.8. The number of piperidine rings is 1. The molecule has 1 saturated heterocycles. The molecule has 0 radical (unpaired) electrons. The van der Waals surface area contributed by atoms with Gasteiger partial charge in [0.1, 0.15) is 5.82 Å². The van der Waals surface area contributed by atoms with Gasteiger partial charge < -0.3 is 14.8 Å². The summed E-state index contributed by atoms with van der Waals surface area (Å²) in [5, 5.41) is 3.03. The Morgan fingerprint density at radius 1 is 1.04 bits per heavy atom. The number of amides is 1. The molecule has 0 bridgehead atoms. The van der Waals surface area contributed by atoms with Gasteiger partial charge in [0.15, 0.2) is 0 Å². The van der Waals surface area contributed by atoms with Crippen molar-refractivity contribution in [2.45, 2.75) is 12.8 Å². The van der Waals surface area contributed by atoms with Crippen molar-refractivity contribution in [3.8, 4) is 5.69 Å². The molecule has 27 heavy (non-hydrogen) atoms. The number of nitrogens with zero attached hydrogens (tertiary/aromatic N) is 3. The molecule has 1 aliphatic rings. The fourth-order valence-corrected chi connectivity index (χ4v) is 3.78. The summed E-state index contributed by atoms with van der Waals surface area (Å²) < 4.78 is 2.94. The number of benzene rings is 1. The Hall–Kier alpha value is -2.60. The number of nitrogens with one attached hydrogen (secondary N) is 1. The van der Waals surface area contributed by atoms with Gasteiger partial charge in [-0.3, -0.25) is 4.79 Å². The Kier molecular flexibility index (Phi) is 5.25. The number of carbonyl (C=O) groups excluding carboxylic acids is 1. The van der Waals surface area contributed by atoms with E-state index in [0.29, 0.717) is 0 Å². The number of para-hydroxylation sites is 1. The van der Waals surface area contributed by atoms with E-state index >= 15 is 0 Å². The van der Waals surface area contributed by atoms with Crippen molar-refractivity contribution in [1.82, 2.24) is 9.55 Å². The molecule has 1 fully saturated rings. The SMILES string of the molecule is O=C(Nc1ccccc1Br)C1CCN(c2ccc(-n3cccc3)cn2)CC1. The van der Waals surface area contributed by atoms with E-state index in [9.17, 15) is 4.79 Å². The van der Waals surface area contributed by atoms with Crippen molar-refractivity contribution < 1.29 is 4.79 Å². The Morgan fingerprint density at radius 3 is 2.44 bits per heavy atom. The molecule has 4 rings (SSSR count). The highest BCUT2D eigenvalue weighted by Crippen LogP contribution is 2.26. The zero-order valence-electron chi connectivity index (χ0n) is 14.9. The maximum Gasteiger partial charge on any atom is 0.227 e. The van der Waals surface area contributed by atoms with Crippen LogP contribution in [0.3, 0.4) is 0 Å². The zero-order chi connectivity index (χ0) is 18.6. The van der Waals surface area contributed by atoms with E-state index < -0.39 is 0 Å². The van der Waals surface area contributed by atoms with Crippen molar-refractivity contribution in [1.29, 1.82) is 0 Å². The first-order valence-corrected chi connectivity index (χ1v) is 9.90. The monoisotopic (exact) mass is 424 g/mol. The van der Waals surface area contributed by atoms with Crippen molar-refractivity contribution in [3.63, 3.8) is 0 Å². The Morgan fingerprint density at radius 2 is 1.78 bits per heavy atom. The number of hydrogen-bond acceptors (Lipinski definition) is 3. The fourth-order valence-electron chi connectivity index (χ4n) is 3.39. The van der Waals surface area contributed by atoms with Gasteiger partial charge in [-0.15, -0.1) is 0 Å². The summed E-state index contributed by atoms with van der Waals surface area (Å²) in [6.45, 7) is 1.67. The lowest BCUT2D eigenvalue weighted by Crippen LogP contribution is -2.38. The van der Waals surface area contributed by atoms with Gasteiger partial charge in [-0.2, -0.15) is 0 Å². The van der Waals surface area contributed by atoms with E-state index in [0.717, 1.165) is 47.6 Å². The minimum absolute atomic E-state index is 0.0347. The minimum atomic E-state index is 0.0347. The molecule has 1 amide bonds. The predicted molar refractivity (Wildman–Crippen MR) is 111 cm³/mol. The molecule has 1 aromatic carbocycles. The Bertz CT molecular complexity index is 900. The van der Waals surface area contributed by atoms with Crippen LogP contribution >= 0.6 is 15.9 Å². The third-order valence-corrected chi connectivity index (χ3v) is 5.65. The van der Waals surface area contributed by atoms with E-state index in [1.54, 1.807) is 0 Å². The largest absolute Gasteiger partial charge is 0.357 e. The van der Waals surface area contributed by atoms with Gasteiger partial charge in [0.25, 0.3) is 0 Å². The van der Waals surface area contributed by atoms with Crippen LogP contribution in [-0.4, -0.2) is 28.5 Å². The standard InChI is InChI=1S/C21H21BrN4O/c22-18-5-1-2-6-19(18)24-21(27)16-9-13-26(14-10-16)20-8-7-17(15-23-20)25-11-3-4-12-25/h1-8,11-12,15-16H,9-10,13-14H2,(H,24,27). The highest BCUT2D eigenvalue weighted by Gasteiger charge is 2.26. The number of aromatic nitrogens is 2. The van der Waals surface area contributed by atoms with E-state index in [1.807, 2.05) is 59.6 Å². The predicted octanol–water partition coefficient (Wildman–Crippen LogP) is 4.49. The lowest BCUT2D eigenvalue weighted by Gasteiger charge is -2.32. The molecule has 6 heteroatoms. The maximum absolute atomic E-state index is 12.6. The molecular weight excluding hydrogens is 404 g/mol. The molecule has 1 aliphatic heterocycles. The second kappa shape index (κ2) is 7.96. The number of rotatable bonds is 4. The average molecular weight is 425 g/mol. The highest BCUT2D eigenvalue weighted by atomic mass is 79.9. The molecule has 2 aromatic heterocycles. The van der Waals surface area contributed by atoms with Crippen LogP contribution in [0.15, 0.2) is 71.6 Å². The van der Waals surface area contributed by atoms with Gasteiger partial charge in [0, 0.05) is 35.9 Å². The van der Waals surface area contributed by atoms with Crippen molar-refractivity contribution >= 4 is 33.3 Å². The van der Waals surface area contributed by atoms with E-state index in [1.165, 1.54) is 0 Å². The minimum Gasteiger partial charge on any atom is -0.357 e. The summed E-state index contributed by atoms with van der Waals surface area (Å²) in [7, 11) is 0. The van der Waals surface area contributed by atoms with Crippen LogP contribution in [0.2, 0.25) is 0 Å². The molecule has 0 unspecified atom stereocenters. The summed E-state index contributed by atoms with van der Waals surface area (Å²) in [4.78, 5) is 19.4. The summed E-state index contributed by atoms with van der Waals surface area (Å²) in [6.07, 6.45) is 7.56. The average Bonchev–Trinajstić information content (AvgIpc) is 3.25. The van der Waals surface area contributed by atoms with Gasteiger partial charge in [-0.05, 0) is 65.2 Å². The smallest absolute Gasteiger partial charge is 0.227 e. The van der Waals surface area contributed by atoms with Gasteiger partial charge >= 0.3 is 0 Å². The van der Waals surface area contributed by atoms with E-state index in [-0.39, 0.29) is 11.8 Å². The van der Waals surface area contributed by atoms with Crippen LogP contribution in [0.4, 0.5) is 11.5 Å². The second-order valence-corrected chi connectivity index (χ2v) is 7.55. The van der Waals surface area contributed by atoms with Crippen LogP contribution in [0.25, 0.3) is 5.69 Å². The van der Waals surface area contributed by atoms with Crippen molar-refractivity contribution in [2.24, 2.45) is 5.92 Å². The van der Waals surface area contributed by atoms with Crippen LogP contribution < -0.4 is 10.2 Å². The highest BCUT2D eigenvalue weighted by molar-refractivity contribution is 9.10. The molecule has 138 valence electrons. The summed E-state index contributed by atoms with van der Waals surface area (Å²) in [6, 6.07) is 15.8. The number of carbonyl (C=O) groups is 1. The normalized spacial score (nSPS) is 14.9. The molecular formula is C21H21BrN4O. The van der Waals surface area contributed by atoms with Gasteiger partial charge in [-0.25, -0.2) is 4.98 Å². The first-order chi connectivity index (χ1) is 13.2. The third-order valence-electron chi connectivity index (χ3n) is 4.96. The lowest BCUT2D eigenvalue weighted by molar-refractivity contribution is -0.120. The zero-order valence-corrected chi connectivity index (χ0v) is 16.5. The molecule has 5 nitrogen and oxygen atoms in total. The Labute approximate surface area is 167 Å². The molecule has 3 aromatic rings. The quantitative estimate of drug-likeness (QED) is 0.670. The van der Waals surface area contributed by atoms with Gasteiger partial charge in [0.05, 0.1) is 17.6 Å². The maximum atomic E-state index is 12.6. The topological polar surface area (TPSA) is 50.2 Å². The molecule has 0 spiro atoms. The molecule has 0 saturated carbocycles. The van der Waals surface area contributed by atoms with Crippen LogP contribution in [0, 0.1) is 5.92 Å². The summed E-state index contributed by atoms with van der Waals surface area (Å²) in [5.74, 6) is 1.10. The number of anilines is 2. The molecule has 0 atom stereocenters. The van der Waals surface area contributed by atoms with Gasteiger partial charge in [-0.1, -0.05) is 12.1 Å². The lowest BCUT2D eigenvalue weighted by atomic mass is 9.95. The number of hydrogen-bond donors (Lipinski definition) is 1. The third kappa shape index (κ3) is 4.06. The second-order valence-electron chi connectivity index (χ2n) is 6.70. The number of halogens is 1. The number of pyridine rings is 1. The van der Waals surface area contributed by atoms with Crippen molar-refractivity contribution in [2.75, 3.05) is 23.3 Å². The summed E-state index contributed by atoms with van der Waals surface area (Å²) >= 11 is 3.48.